The van der Waals surface area contributed by atoms with Gasteiger partial charge in [-0.25, -0.2) is 9.18 Å². The third-order valence-corrected chi connectivity index (χ3v) is 3.40. The average molecular weight is 356 g/mol. The van der Waals surface area contributed by atoms with Gasteiger partial charge in [0, 0.05) is 11.3 Å². The van der Waals surface area contributed by atoms with E-state index in [0.717, 1.165) is 5.56 Å². The summed E-state index contributed by atoms with van der Waals surface area (Å²) >= 11 is 0. The largest absolute Gasteiger partial charge is 0.489 e. The molecule has 1 amide bonds. The van der Waals surface area contributed by atoms with Gasteiger partial charge in [0.15, 0.2) is 0 Å². The van der Waals surface area contributed by atoms with Crippen LogP contribution in [0.4, 0.5) is 14.9 Å². The van der Waals surface area contributed by atoms with Gasteiger partial charge in [0.1, 0.15) is 23.8 Å². The van der Waals surface area contributed by atoms with E-state index in [2.05, 4.69) is 5.32 Å². The summed E-state index contributed by atoms with van der Waals surface area (Å²) in [6, 6.07) is 11.2. The first-order valence-corrected chi connectivity index (χ1v) is 8.10. The molecule has 26 heavy (non-hydrogen) atoms. The molecule has 2 rings (SSSR count). The first kappa shape index (κ1) is 19.3. The Kier molecular flexibility index (Phi) is 5.83. The first-order chi connectivity index (χ1) is 12.2. The second-order valence-electron chi connectivity index (χ2n) is 6.81. The molecule has 0 aliphatic rings. The highest BCUT2D eigenvalue weighted by molar-refractivity contribution is 5.86. The summed E-state index contributed by atoms with van der Waals surface area (Å²) in [7, 11) is 0. The van der Waals surface area contributed by atoms with Gasteiger partial charge in [-0.1, -0.05) is 0 Å². The van der Waals surface area contributed by atoms with Crippen LogP contribution in [-0.4, -0.2) is 11.7 Å². The molecule has 0 bridgehead atoms. The van der Waals surface area contributed by atoms with Gasteiger partial charge in [0.05, 0.1) is 11.6 Å². The van der Waals surface area contributed by atoms with E-state index in [9.17, 15) is 9.18 Å². The van der Waals surface area contributed by atoms with Crippen molar-refractivity contribution in [2.24, 2.45) is 0 Å². The van der Waals surface area contributed by atoms with Crippen LogP contribution in [0.5, 0.6) is 5.75 Å². The second-order valence-corrected chi connectivity index (χ2v) is 6.81. The van der Waals surface area contributed by atoms with Crippen molar-refractivity contribution >= 4 is 11.8 Å². The van der Waals surface area contributed by atoms with Crippen LogP contribution in [0.15, 0.2) is 36.4 Å². The predicted molar refractivity (Wildman–Crippen MR) is 96.5 cm³/mol. The Morgan fingerprint density at radius 3 is 2.58 bits per heavy atom. The van der Waals surface area contributed by atoms with Crippen LogP contribution in [-0.2, 0) is 11.3 Å². The van der Waals surface area contributed by atoms with Gasteiger partial charge in [0.25, 0.3) is 0 Å². The highest BCUT2D eigenvalue weighted by Crippen LogP contribution is 2.23. The molecule has 0 aromatic heterocycles. The number of amides is 1. The Morgan fingerprint density at radius 2 is 1.96 bits per heavy atom. The fraction of sp³-hybridized carbons (Fsp3) is 0.300. The van der Waals surface area contributed by atoms with E-state index in [-0.39, 0.29) is 6.61 Å². The molecule has 0 fully saturated rings. The van der Waals surface area contributed by atoms with Gasteiger partial charge in [-0.3, -0.25) is 5.32 Å². The maximum Gasteiger partial charge on any atom is 0.412 e. The predicted octanol–water partition coefficient (Wildman–Crippen LogP) is 4.93. The number of aryl methyl sites for hydroxylation is 1. The standard InChI is InChI=1S/C20H21FN2O3/c1-13-9-16(6-8-18(13)23-19(24)26-20(2,3)4)25-12-15-10-14(11-22)5-7-17(15)21/h5-10H,12H2,1-4H3,(H,23,24). The molecule has 0 unspecified atom stereocenters. The fourth-order valence-electron chi connectivity index (χ4n) is 2.20. The second kappa shape index (κ2) is 7.87. The maximum atomic E-state index is 13.8. The lowest BCUT2D eigenvalue weighted by molar-refractivity contribution is 0.0636. The van der Waals surface area contributed by atoms with Crippen LogP contribution in [0.25, 0.3) is 0 Å². The van der Waals surface area contributed by atoms with Crippen molar-refractivity contribution in [2.75, 3.05) is 5.32 Å². The normalized spacial score (nSPS) is 10.8. The number of nitrogens with one attached hydrogen (secondary N) is 1. The summed E-state index contributed by atoms with van der Waals surface area (Å²) in [5, 5.41) is 11.6. The van der Waals surface area contributed by atoms with E-state index < -0.39 is 17.5 Å². The third kappa shape index (κ3) is 5.49. The number of hydrogen-bond acceptors (Lipinski definition) is 4. The number of carbonyl (C=O) groups excluding carboxylic acids is 1. The molecular weight excluding hydrogens is 335 g/mol. The molecule has 136 valence electrons. The molecule has 2 aromatic rings. The van der Waals surface area contributed by atoms with Crippen molar-refractivity contribution in [1.82, 2.24) is 0 Å². The molecule has 1 N–H and O–H groups in total. The Hall–Kier alpha value is -3.07. The van der Waals surface area contributed by atoms with Crippen molar-refractivity contribution in [2.45, 2.75) is 39.9 Å². The van der Waals surface area contributed by atoms with E-state index in [4.69, 9.17) is 14.7 Å². The van der Waals surface area contributed by atoms with Gasteiger partial charge in [-0.2, -0.15) is 5.26 Å². The zero-order chi connectivity index (χ0) is 19.3. The molecular formula is C20H21FN2O3. The quantitative estimate of drug-likeness (QED) is 0.843. The minimum atomic E-state index is -0.580. The number of ether oxygens (including phenoxy) is 2. The number of hydrogen-bond donors (Lipinski definition) is 1. The summed E-state index contributed by atoms with van der Waals surface area (Å²) < 4.78 is 24.6. The van der Waals surface area contributed by atoms with Gasteiger partial charge >= 0.3 is 6.09 Å². The molecule has 0 saturated heterocycles. The number of halogens is 1. The summed E-state index contributed by atoms with van der Waals surface area (Å²) in [6.45, 7) is 7.18. The lowest BCUT2D eigenvalue weighted by Crippen LogP contribution is -2.27. The van der Waals surface area contributed by atoms with Crippen molar-refractivity contribution in [3.8, 4) is 11.8 Å². The summed E-state index contributed by atoms with van der Waals surface area (Å²) in [5.74, 6) is 0.0999. The van der Waals surface area contributed by atoms with Gasteiger partial charge in [-0.15, -0.1) is 0 Å². The molecule has 0 heterocycles. The Morgan fingerprint density at radius 1 is 1.23 bits per heavy atom. The molecule has 0 aliphatic carbocycles. The molecule has 5 nitrogen and oxygen atoms in total. The van der Waals surface area contributed by atoms with Crippen molar-refractivity contribution < 1.29 is 18.7 Å². The monoisotopic (exact) mass is 356 g/mol. The highest BCUT2D eigenvalue weighted by Gasteiger charge is 2.17. The molecule has 2 aromatic carbocycles. The zero-order valence-electron chi connectivity index (χ0n) is 15.2. The van der Waals surface area contributed by atoms with E-state index >= 15 is 0 Å². The third-order valence-electron chi connectivity index (χ3n) is 3.40. The number of nitriles is 1. The minimum Gasteiger partial charge on any atom is -0.489 e. The van der Waals surface area contributed by atoms with Crippen LogP contribution in [0.1, 0.15) is 37.5 Å². The van der Waals surface area contributed by atoms with E-state index in [1.165, 1.54) is 18.2 Å². The Balaban J connectivity index is 2.04. The molecule has 0 aliphatic heterocycles. The number of nitrogens with zero attached hydrogens (tertiary/aromatic N) is 1. The van der Waals surface area contributed by atoms with E-state index in [0.29, 0.717) is 22.6 Å². The Bertz CT molecular complexity index is 851. The topological polar surface area (TPSA) is 71.3 Å². The molecule has 0 saturated carbocycles. The van der Waals surface area contributed by atoms with Crippen molar-refractivity contribution in [1.29, 1.82) is 5.26 Å². The maximum absolute atomic E-state index is 13.8. The highest BCUT2D eigenvalue weighted by atomic mass is 19.1. The SMILES string of the molecule is Cc1cc(OCc2cc(C#N)ccc2F)ccc1NC(=O)OC(C)(C)C. The molecule has 6 heteroatoms. The first-order valence-electron chi connectivity index (χ1n) is 8.10. The van der Waals surface area contributed by atoms with Gasteiger partial charge in [-0.05, 0) is 69.7 Å². The number of rotatable bonds is 4. The van der Waals surface area contributed by atoms with Crippen LogP contribution >= 0.6 is 0 Å². The average Bonchev–Trinajstić information content (AvgIpc) is 2.54. The smallest absolute Gasteiger partial charge is 0.412 e. The lowest BCUT2D eigenvalue weighted by Gasteiger charge is -2.20. The van der Waals surface area contributed by atoms with Crippen molar-refractivity contribution in [3.05, 3.63) is 58.9 Å². The number of carbonyl (C=O) groups is 1. The summed E-state index contributed by atoms with van der Waals surface area (Å²) in [4.78, 5) is 11.8. The molecule has 0 atom stereocenters. The van der Waals surface area contributed by atoms with Gasteiger partial charge in [0.2, 0.25) is 0 Å². The minimum absolute atomic E-state index is 0.000363. The summed E-state index contributed by atoms with van der Waals surface area (Å²) in [5.41, 5.74) is 1.47. The number of anilines is 1. The molecule has 0 radical (unpaired) electrons. The van der Waals surface area contributed by atoms with E-state index in [1.54, 1.807) is 39.0 Å². The number of benzene rings is 2. The summed E-state index contributed by atoms with van der Waals surface area (Å²) in [6.07, 6.45) is -0.537. The fourth-order valence-corrected chi connectivity index (χ4v) is 2.20. The Labute approximate surface area is 152 Å². The lowest BCUT2D eigenvalue weighted by atomic mass is 10.1. The zero-order valence-corrected chi connectivity index (χ0v) is 15.2. The van der Waals surface area contributed by atoms with Crippen LogP contribution in [0.3, 0.4) is 0 Å². The molecule has 0 spiro atoms. The van der Waals surface area contributed by atoms with Crippen LogP contribution in [0.2, 0.25) is 0 Å². The van der Waals surface area contributed by atoms with Crippen LogP contribution < -0.4 is 10.1 Å². The van der Waals surface area contributed by atoms with Crippen LogP contribution in [0, 0.1) is 24.1 Å². The van der Waals surface area contributed by atoms with E-state index in [1.807, 2.05) is 13.0 Å². The van der Waals surface area contributed by atoms with Crippen molar-refractivity contribution in [3.63, 3.8) is 0 Å². The van der Waals surface area contributed by atoms with Gasteiger partial charge < -0.3 is 9.47 Å².